The van der Waals surface area contributed by atoms with Gasteiger partial charge in [-0.1, -0.05) is 53.4 Å². The van der Waals surface area contributed by atoms with Gasteiger partial charge in [0.15, 0.2) is 15.8 Å². The van der Waals surface area contributed by atoms with Crippen molar-refractivity contribution >= 4 is 76.5 Å². The quantitative estimate of drug-likeness (QED) is 0.111. The van der Waals surface area contributed by atoms with E-state index in [0.717, 1.165) is 36.9 Å². The molecule has 3 N–H and O–H groups in total. The average Bonchev–Trinajstić information content (AvgIpc) is 3.52. The van der Waals surface area contributed by atoms with Crippen LogP contribution in [-0.2, 0) is 24.0 Å². The van der Waals surface area contributed by atoms with Crippen LogP contribution in [-0.4, -0.2) is 96.7 Å². The lowest BCUT2D eigenvalue weighted by Crippen LogP contribution is -2.71. The summed E-state index contributed by atoms with van der Waals surface area (Å²) in [6, 6.07) is 8.29. The minimum Gasteiger partial charge on any atom is -0.477 e. The molecule has 3 aromatic rings. The number of esters is 2. The molecule has 5 amide bonds. The number of amides is 5. The van der Waals surface area contributed by atoms with E-state index in [4.69, 9.17) is 9.47 Å². The van der Waals surface area contributed by atoms with Crippen molar-refractivity contribution in [3.8, 4) is 11.5 Å². The van der Waals surface area contributed by atoms with Gasteiger partial charge in [-0.2, -0.15) is 0 Å². The number of carbonyl (C=O) groups is 7. The Morgan fingerprint density at radius 3 is 2.35 bits per heavy atom. The Labute approximate surface area is 302 Å². The molecular formula is C32H30N6O10S3. The summed E-state index contributed by atoms with van der Waals surface area (Å²) in [7, 11) is 1.16. The van der Waals surface area contributed by atoms with Gasteiger partial charge in [0.05, 0.1) is 0 Å². The molecule has 1 aromatic heterocycles. The summed E-state index contributed by atoms with van der Waals surface area (Å²) in [5.74, 6) is -4.73. The number of rotatable bonds is 11. The molecule has 16 nitrogen and oxygen atoms in total. The lowest BCUT2D eigenvalue weighted by molar-refractivity contribution is -0.151. The molecule has 51 heavy (non-hydrogen) atoms. The highest BCUT2D eigenvalue weighted by molar-refractivity contribution is 8.01. The van der Waals surface area contributed by atoms with Crippen molar-refractivity contribution in [3.05, 3.63) is 75.9 Å². The molecule has 19 heteroatoms. The van der Waals surface area contributed by atoms with Crippen LogP contribution in [0.1, 0.15) is 40.8 Å². The second kappa shape index (κ2) is 15.7. The van der Waals surface area contributed by atoms with Gasteiger partial charge in [-0.25, -0.2) is 9.59 Å². The van der Waals surface area contributed by atoms with Gasteiger partial charge in [-0.15, -0.1) is 22.0 Å². The molecule has 1 saturated heterocycles. The smallest absolute Gasteiger partial charge is 0.352 e. The second-order valence-electron chi connectivity index (χ2n) is 11.0. The molecular weight excluding hydrogens is 725 g/mol. The van der Waals surface area contributed by atoms with Gasteiger partial charge in [0.25, 0.3) is 11.8 Å². The first-order chi connectivity index (χ1) is 24.2. The molecule has 5 rings (SSSR count). The number of carboxylic acids is 1. The standard InChI is InChI=1S/C32H30N6O10S3/c1-15-35-36-32(51-15)50-14-20-13-49-29-24(28(43)38(29)25(20)30(44)45)33-26(41)23(18-8-6-5-7-9-18)34-31(46)37(4)27(42)19-10-11-21(47-16(2)39)22(12-19)48-17(3)40/h5-12,23-24,29H,13-14H2,1-4H3,(H,33,41)(H,34,46)(H,44,45)/t23?,24?,29-/m0/s1. The van der Waals surface area contributed by atoms with E-state index in [1.165, 1.54) is 47.0 Å². The molecule has 2 aliphatic rings. The summed E-state index contributed by atoms with van der Waals surface area (Å²) in [6.45, 7) is 4.07. The number of hydrogen-bond acceptors (Lipinski definition) is 14. The van der Waals surface area contributed by atoms with E-state index in [1.54, 1.807) is 30.3 Å². The second-order valence-corrected chi connectivity index (χ2v) is 14.5. The molecule has 0 saturated carbocycles. The zero-order valence-electron chi connectivity index (χ0n) is 27.4. The number of aliphatic carboxylic acids is 1. The minimum atomic E-state index is -1.37. The van der Waals surface area contributed by atoms with Crippen LogP contribution in [0, 0.1) is 6.92 Å². The largest absolute Gasteiger partial charge is 0.477 e. The van der Waals surface area contributed by atoms with E-state index in [9.17, 15) is 38.7 Å². The molecule has 266 valence electrons. The van der Waals surface area contributed by atoms with Gasteiger partial charge >= 0.3 is 23.9 Å². The maximum absolute atomic E-state index is 13.7. The number of aryl methyl sites for hydroxylation is 1. The molecule has 0 spiro atoms. The lowest BCUT2D eigenvalue weighted by atomic mass is 10.0. The summed E-state index contributed by atoms with van der Waals surface area (Å²) in [5.41, 5.74) is 0.620. The first-order valence-corrected chi connectivity index (χ1v) is 17.9. The predicted molar refractivity (Wildman–Crippen MR) is 184 cm³/mol. The van der Waals surface area contributed by atoms with Crippen LogP contribution < -0.4 is 20.1 Å². The fraction of sp³-hybridized carbons (Fsp3) is 0.281. The third-order valence-electron chi connectivity index (χ3n) is 7.40. The molecule has 3 heterocycles. The molecule has 0 bridgehead atoms. The van der Waals surface area contributed by atoms with Crippen molar-refractivity contribution in [3.63, 3.8) is 0 Å². The maximum atomic E-state index is 13.7. The van der Waals surface area contributed by atoms with Crippen molar-refractivity contribution in [2.24, 2.45) is 0 Å². The first-order valence-electron chi connectivity index (χ1n) is 15.0. The van der Waals surface area contributed by atoms with Crippen LogP contribution >= 0.6 is 34.9 Å². The highest BCUT2D eigenvalue weighted by atomic mass is 32.2. The monoisotopic (exact) mass is 754 g/mol. The summed E-state index contributed by atoms with van der Waals surface area (Å²) in [6.07, 6.45) is 0. The van der Waals surface area contributed by atoms with Gasteiger partial charge in [0, 0.05) is 38.0 Å². The van der Waals surface area contributed by atoms with Gasteiger partial charge in [-0.3, -0.25) is 33.8 Å². The number of aromatic nitrogens is 2. The normalized spacial score (nSPS) is 17.0. The maximum Gasteiger partial charge on any atom is 0.352 e. The topological polar surface area (TPSA) is 214 Å². The van der Waals surface area contributed by atoms with Crippen LogP contribution in [0.2, 0.25) is 0 Å². The number of hydrogen-bond donors (Lipinski definition) is 3. The zero-order valence-corrected chi connectivity index (χ0v) is 29.8. The van der Waals surface area contributed by atoms with Crippen LogP contribution in [0.5, 0.6) is 11.5 Å². The molecule has 1 fully saturated rings. The van der Waals surface area contributed by atoms with Crippen LogP contribution in [0.3, 0.4) is 0 Å². The highest BCUT2D eigenvalue weighted by Gasteiger charge is 2.54. The predicted octanol–water partition coefficient (Wildman–Crippen LogP) is 2.75. The average molecular weight is 755 g/mol. The molecule has 2 aliphatic heterocycles. The summed E-state index contributed by atoms with van der Waals surface area (Å²) >= 11 is 3.99. The summed E-state index contributed by atoms with van der Waals surface area (Å²) < 4.78 is 10.8. The highest BCUT2D eigenvalue weighted by Crippen LogP contribution is 2.42. The van der Waals surface area contributed by atoms with Crippen LogP contribution in [0.15, 0.2) is 64.1 Å². The van der Waals surface area contributed by atoms with Crippen LogP contribution in [0.4, 0.5) is 4.79 Å². The van der Waals surface area contributed by atoms with Crippen molar-refractivity contribution in [2.75, 3.05) is 18.6 Å². The Kier molecular flexibility index (Phi) is 11.4. The molecule has 2 unspecified atom stereocenters. The summed E-state index contributed by atoms with van der Waals surface area (Å²) in [5, 5.41) is 23.3. The molecule has 0 aliphatic carbocycles. The number of thioether (sulfide) groups is 2. The van der Waals surface area contributed by atoms with Crippen molar-refractivity contribution < 1.29 is 48.1 Å². The Morgan fingerprint density at radius 2 is 1.73 bits per heavy atom. The van der Waals surface area contributed by atoms with E-state index in [0.29, 0.717) is 26.1 Å². The Balaban J connectivity index is 1.30. The number of fused-ring (bicyclic) bond motifs is 1. The number of imide groups is 1. The zero-order chi connectivity index (χ0) is 37.0. The number of nitrogens with zero attached hydrogens (tertiary/aromatic N) is 4. The number of carboxylic acid groups (broad SMARTS) is 1. The van der Waals surface area contributed by atoms with E-state index in [2.05, 4.69) is 20.8 Å². The fourth-order valence-electron chi connectivity index (χ4n) is 5.08. The minimum absolute atomic E-state index is 0.103. The molecule has 0 radical (unpaired) electrons. The van der Waals surface area contributed by atoms with Crippen molar-refractivity contribution in [1.82, 2.24) is 30.6 Å². The third kappa shape index (κ3) is 8.38. The molecule has 3 atom stereocenters. The van der Waals surface area contributed by atoms with Gasteiger partial charge in [0.1, 0.15) is 28.2 Å². The van der Waals surface area contributed by atoms with Gasteiger partial charge in [0.2, 0.25) is 5.91 Å². The summed E-state index contributed by atoms with van der Waals surface area (Å²) in [4.78, 5) is 91.1. The van der Waals surface area contributed by atoms with Crippen molar-refractivity contribution in [1.29, 1.82) is 0 Å². The number of carbonyl (C=O) groups excluding carboxylic acids is 6. The first kappa shape index (κ1) is 37.0. The third-order valence-corrected chi connectivity index (χ3v) is 10.8. The van der Waals surface area contributed by atoms with Gasteiger partial charge in [-0.05, 0) is 36.3 Å². The number of benzene rings is 2. The van der Waals surface area contributed by atoms with Crippen LogP contribution in [0.25, 0.3) is 0 Å². The van der Waals surface area contributed by atoms with E-state index >= 15 is 0 Å². The van der Waals surface area contributed by atoms with Gasteiger partial charge < -0.3 is 25.2 Å². The van der Waals surface area contributed by atoms with E-state index in [-0.39, 0.29) is 28.5 Å². The molecule has 2 aromatic carbocycles. The van der Waals surface area contributed by atoms with Crippen molar-refractivity contribution in [2.45, 2.75) is 42.6 Å². The number of nitrogens with one attached hydrogen (secondary N) is 2. The lowest BCUT2D eigenvalue weighted by Gasteiger charge is -2.49. The van der Waals surface area contributed by atoms with E-state index < -0.39 is 59.1 Å². The van der Waals surface area contributed by atoms with E-state index in [1.807, 2.05) is 6.92 Å². The number of ether oxygens (including phenoxy) is 2. The SMILES string of the molecule is CC(=O)Oc1ccc(C(=O)N(C)C(=O)NC(C(=O)NC2C(=O)N3C(C(=O)O)=C(CSc4nnc(C)s4)CS[C@@H]23)c2ccccc2)cc1OC(C)=O. The number of β-lactam (4-membered cyclic amide) rings is 1. The Hall–Kier alpha value is -5.27. The Bertz CT molecular complexity index is 1950. The number of urea groups is 1. The Morgan fingerprint density at radius 1 is 1.04 bits per heavy atom. The fourth-order valence-corrected chi connectivity index (χ4v) is 8.38.